The Hall–Kier alpha value is -2.01. The quantitative estimate of drug-likeness (QED) is 0.596. The Morgan fingerprint density at radius 2 is 1.65 bits per heavy atom. The van der Waals surface area contributed by atoms with Crippen molar-refractivity contribution in [2.24, 2.45) is 5.41 Å². The molecule has 1 N–H and O–H groups in total. The zero-order valence-corrected chi connectivity index (χ0v) is 17.2. The Morgan fingerprint density at radius 3 is 2.35 bits per heavy atom. The molecule has 3 aromatic rings. The molecule has 4 nitrogen and oxygen atoms in total. The van der Waals surface area contributed by atoms with E-state index in [1.165, 1.54) is 9.69 Å². The van der Waals surface area contributed by atoms with E-state index in [0.717, 1.165) is 23.0 Å². The van der Waals surface area contributed by atoms with Crippen LogP contribution in [-0.4, -0.2) is 24.8 Å². The maximum Gasteiger partial charge on any atom is 0.143 e. The summed E-state index contributed by atoms with van der Waals surface area (Å²) >= 11 is 1.87. The van der Waals surface area contributed by atoms with Crippen LogP contribution >= 0.6 is 11.8 Å². The van der Waals surface area contributed by atoms with Crippen LogP contribution in [0.2, 0.25) is 0 Å². The van der Waals surface area contributed by atoms with Crippen molar-refractivity contribution in [2.75, 3.05) is 0 Å². The van der Waals surface area contributed by atoms with E-state index in [1.807, 2.05) is 36.9 Å². The average molecular weight is 370 g/mol. The largest absolute Gasteiger partial charge is 0.506 e. The molecular weight excluding hydrogens is 342 g/mol. The van der Waals surface area contributed by atoms with E-state index in [2.05, 4.69) is 56.9 Å². The first-order valence-electron chi connectivity index (χ1n) is 8.89. The van der Waals surface area contributed by atoms with Gasteiger partial charge in [-0.2, -0.15) is 0 Å². The molecule has 0 bridgehead atoms. The summed E-state index contributed by atoms with van der Waals surface area (Å²) in [6, 6.07) is 11.6. The van der Waals surface area contributed by atoms with Gasteiger partial charge in [-0.15, -0.1) is 26.8 Å². The summed E-state index contributed by atoms with van der Waals surface area (Å²) in [5, 5.41) is 19.2. The first-order valence-corrected chi connectivity index (χ1v) is 9.70. The first kappa shape index (κ1) is 18.8. The fourth-order valence-corrected chi connectivity index (χ4v) is 4.94. The lowest BCUT2D eigenvalue weighted by Crippen LogP contribution is -2.23. The van der Waals surface area contributed by atoms with Crippen LogP contribution in [0.15, 0.2) is 41.3 Å². The average Bonchev–Trinajstić information content (AvgIpc) is 2.89. The molecule has 5 heteroatoms. The molecule has 0 atom stereocenters. The van der Waals surface area contributed by atoms with Crippen LogP contribution in [0.3, 0.4) is 0 Å². The molecule has 2 aromatic carbocycles. The summed E-state index contributed by atoms with van der Waals surface area (Å²) < 4.78 is 0.136. The summed E-state index contributed by atoms with van der Waals surface area (Å²) in [5.41, 5.74) is 3.60. The van der Waals surface area contributed by atoms with Crippen molar-refractivity contribution in [3.05, 3.63) is 42.0 Å². The van der Waals surface area contributed by atoms with Crippen LogP contribution < -0.4 is 0 Å². The Kier molecular flexibility index (Phi) is 4.78. The van der Waals surface area contributed by atoms with Crippen LogP contribution in [0.5, 0.6) is 5.75 Å². The van der Waals surface area contributed by atoms with E-state index in [4.69, 9.17) is 0 Å². The van der Waals surface area contributed by atoms with Crippen LogP contribution in [0.1, 0.15) is 46.6 Å². The molecule has 0 aliphatic carbocycles. The van der Waals surface area contributed by atoms with Gasteiger partial charge in [-0.25, -0.2) is 0 Å². The lowest BCUT2D eigenvalue weighted by atomic mass is 9.86. The molecule has 0 saturated carbocycles. The van der Waals surface area contributed by atoms with Crippen molar-refractivity contribution in [3.63, 3.8) is 0 Å². The number of aromatic hydroxyl groups is 1. The number of benzene rings is 2. The summed E-state index contributed by atoms with van der Waals surface area (Å²) in [7, 11) is 0. The van der Waals surface area contributed by atoms with Gasteiger partial charge >= 0.3 is 0 Å². The molecule has 3 rings (SSSR count). The molecular formula is C21H27N3OS. The second-order valence-corrected chi connectivity index (χ2v) is 10.5. The van der Waals surface area contributed by atoms with Crippen molar-refractivity contribution in [1.29, 1.82) is 0 Å². The SMILES string of the molecule is Cc1ccc(O)c(-n2nc3ccc(SC(C)(C)CC(C)(C)C)cc3n2)c1. The van der Waals surface area contributed by atoms with Gasteiger partial charge in [0.1, 0.15) is 22.5 Å². The highest BCUT2D eigenvalue weighted by molar-refractivity contribution is 8.00. The van der Waals surface area contributed by atoms with Crippen LogP contribution in [0, 0.1) is 12.3 Å². The molecule has 1 aromatic heterocycles. The van der Waals surface area contributed by atoms with E-state index >= 15 is 0 Å². The summed E-state index contributed by atoms with van der Waals surface area (Å²) in [5.74, 6) is 0.178. The molecule has 0 amide bonds. The molecule has 0 unspecified atom stereocenters. The standard InChI is InChI=1S/C21H27N3OS/c1-14-7-10-19(25)18(11-14)24-22-16-9-8-15(12-17(16)23-24)26-21(5,6)13-20(2,3)4/h7-12,25H,13H2,1-6H3. The number of phenolic OH excluding ortho intramolecular Hbond substituents is 1. The monoisotopic (exact) mass is 369 g/mol. The minimum Gasteiger partial charge on any atom is -0.506 e. The lowest BCUT2D eigenvalue weighted by molar-refractivity contribution is 0.339. The molecule has 26 heavy (non-hydrogen) atoms. The smallest absolute Gasteiger partial charge is 0.143 e. The molecule has 0 fully saturated rings. The molecule has 0 spiro atoms. The number of thioether (sulfide) groups is 1. The molecule has 0 saturated heterocycles. The second-order valence-electron chi connectivity index (χ2n) is 8.73. The minimum absolute atomic E-state index is 0.136. The number of rotatable bonds is 4. The van der Waals surface area contributed by atoms with Crippen LogP contribution in [0.4, 0.5) is 0 Å². The number of aryl methyl sites for hydroxylation is 1. The highest BCUT2D eigenvalue weighted by Crippen LogP contribution is 2.41. The predicted molar refractivity (Wildman–Crippen MR) is 109 cm³/mol. The van der Waals surface area contributed by atoms with E-state index in [9.17, 15) is 5.11 Å². The van der Waals surface area contributed by atoms with Crippen molar-refractivity contribution < 1.29 is 5.11 Å². The third kappa shape index (κ3) is 4.39. The third-order valence-electron chi connectivity index (χ3n) is 4.05. The summed E-state index contributed by atoms with van der Waals surface area (Å²) in [4.78, 5) is 2.70. The zero-order chi connectivity index (χ0) is 19.1. The van der Waals surface area contributed by atoms with Gasteiger partial charge in [-0.05, 0) is 54.7 Å². The number of phenols is 1. The molecule has 0 aliphatic heterocycles. The van der Waals surface area contributed by atoms with Gasteiger partial charge in [0, 0.05) is 9.64 Å². The normalized spacial score (nSPS) is 12.7. The first-order chi connectivity index (χ1) is 12.0. The fourth-order valence-electron chi connectivity index (χ4n) is 3.49. The van der Waals surface area contributed by atoms with E-state index in [1.54, 1.807) is 6.07 Å². The Bertz CT molecular complexity index is 938. The lowest BCUT2D eigenvalue weighted by Gasteiger charge is -2.31. The van der Waals surface area contributed by atoms with Crippen LogP contribution in [-0.2, 0) is 0 Å². The number of nitrogens with zero attached hydrogens (tertiary/aromatic N) is 3. The van der Waals surface area contributed by atoms with Gasteiger partial charge in [0.25, 0.3) is 0 Å². The van der Waals surface area contributed by atoms with Gasteiger partial charge in [0.2, 0.25) is 0 Å². The molecule has 0 aliphatic rings. The molecule has 0 radical (unpaired) electrons. The van der Waals surface area contributed by atoms with Gasteiger partial charge in [-0.1, -0.05) is 40.7 Å². The van der Waals surface area contributed by atoms with Gasteiger partial charge < -0.3 is 5.11 Å². The Labute approximate surface area is 159 Å². The van der Waals surface area contributed by atoms with Crippen molar-refractivity contribution in [3.8, 4) is 11.4 Å². The Balaban J connectivity index is 1.92. The highest BCUT2D eigenvalue weighted by atomic mass is 32.2. The van der Waals surface area contributed by atoms with Crippen molar-refractivity contribution in [1.82, 2.24) is 15.0 Å². The maximum absolute atomic E-state index is 10.1. The third-order valence-corrected chi connectivity index (χ3v) is 5.23. The molecule has 1 heterocycles. The van der Waals surface area contributed by atoms with Gasteiger partial charge in [-0.3, -0.25) is 0 Å². The maximum atomic E-state index is 10.1. The van der Waals surface area contributed by atoms with Gasteiger partial charge in [0.05, 0.1) is 0 Å². The van der Waals surface area contributed by atoms with E-state index < -0.39 is 0 Å². The highest BCUT2D eigenvalue weighted by Gasteiger charge is 2.26. The van der Waals surface area contributed by atoms with E-state index in [0.29, 0.717) is 5.69 Å². The molecule has 138 valence electrons. The van der Waals surface area contributed by atoms with Gasteiger partial charge in [0.15, 0.2) is 0 Å². The number of hydrogen-bond donors (Lipinski definition) is 1. The Morgan fingerprint density at radius 1 is 0.962 bits per heavy atom. The van der Waals surface area contributed by atoms with Crippen LogP contribution in [0.25, 0.3) is 16.7 Å². The topological polar surface area (TPSA) is 50.9 Å². The minimum atomic E-state index is 0.136. The summed E-state index contributed by atoms with van der Waals surface area (Å²) in [6.45, 7) is 13.4. The van der Waals surface area contributed by atoms with Crippen molar-refractivity contribution in [2.45, 2.75) is 57.6 Å². The second kappa shape index (κ2) is 6.62. The zero-order valence-electron chi connectivity index (χ0n) is 16.4. The number of hydrogen-bond acceptors (Lipinski definition) is 4. The predicted octanol–water partition coefficient (Wildman–Crippen LogP) is 5.74. The fraction of sp³-hybridized carbons (Fsp3) is 0.429. The van der Waals surface area contributed by atoms with E-state index in [-0.39, 0.29) is 15.9 Å². The number of aromatic nitrogens is 3. The van der Waals surface area contributed by atoms with Crippen molar-refractivity contribution >= 4 is 22.8 Å². The summed E-state index contributed by atoms with van der Waals surface area (Å²) in [6.07, 6.45) is 1.12. The number of fused-ring (bicyclic) bond motifs is 1.